The van der Waals surface area contributed by atoms with Gasteiger partial charge in [-0.2, -0.15) is 0 Å². The lowest BCUT2D eigenvalue weighted by Gasteiger charge is -2.13. The third-order valence-corrected chi connectivity index (χ3v) is 6.15. The molecule has 10 nitrogen and oxygen atoms in total. The normalized spacial score (nSPS) is 22.3. The average Bonchev–Trinajstić information content (AvgIpc) is 3.23. The van der Waals surface area contributed by atoms with E-state index in [9.17, 15) is 9.13 Å². The molecule has 0 aliphatic carbocycles. The van der Waals surface area contributed by atoms with E-state index in [1.165, 1.54) is 11.3 Å². The van der Waals surface area contributed by atoms with Gasteiger partial charge in [-0.25, -0.2) is 18.2 Å². The van der Waals surface area contributed by atoms with E-state index >= 15 is 0 Å². The highest BCUT2D eigenvalue weighted by Crippen LogP contribution is 2.53. The minimum Gasteiger partial charge on any atom is -0.462 e. The number of thiophene rings is 1. The molecule has 0 unspecified atom stereocenters. The van der Waals surface area contributed by atoms with Crippen molar-refractivity contribution in [2.45, 2.75) is 0 Å². The van der Waals surface area contributed by atoms with E-state index in [0.717, 1.165) is 0 Å². The monoisotopic (exact) mass is 388 g/mol. The molecule has 2 fully saturated rings. The van der Waals surface area contributed by atoms with Crippen LogP contribution in [0.5, 0.6) is 11.5 Å². The predicted molar refractivity (Wildman–Crippen MR) is 76.5 cm³/mol. The summed E-state index contributed by atoms with van der Waals surface area (Å²) in [7, 11) is -7.01. The molecule has 0 aromatic carbocycles. The zero-order valence-corrected chi connectivity index (χ0v) is 14.4. The molecule has 2 saturated heterocycles. The van der Waals surface area contributed by atoms with Gasteiger partial charge in [0.25, 0.3) is 0 Å². The van der Waals surface area contributed by atoms with Gasteiger partial charge in [-0.1, -0.05) is 0 Å². The smallest absolute Gasteiger partial charge is 0.462 e. The quantitative estimate of drug-likeness (QED) is 0.487. The molecule has 2 aliphatic heterocycles. The van der Waals surface area contributed by atoms with Crippen LogP contribution >= 0.6 is 27.0 Å². The Morgan fingerprint density at radius 3 is 1.61 bits per heavy atom. The summed E-state index contributed by atoms with van der Waals surface area (Å²) in [5.74, 6) is 0.687. The molecule has 1 aromatic heterocycles. The Kier molecular flexibility index (Phi) is 5.74. The molecular weight excluding hydrogens is 374 g/mol. The van der Waals surface area contributed by atoms with Gasteiger partial charge in [0, 0.05) is 10.8 Å². The topological polar surface area (TPSA) is 108 Å². The number of hydrogen-bond acceptors (Lipinski definition) is 11. The van der Waals surface area contributed by atoms with E-state index < -0.39 is 15.6 Å². The maximum Gasteiger partial charge on any atom is 0.477 e. The summed E-state index contributed by atoms with van der Waals surface area (Å²) in [5.41, 5.74) is 0. The van der Waals surface area contributed by atoms with E-state index in [-0.39, 0.29) is 40.0 Å². The summed E-state index contributed by atoms with van der Waals surface area (Å²) in [6, 6.07) is 0. The second kappa shape index (κ2) is 7.60. The van der Waals surface area contributed by atoms with E-state index in [1.54, 1.807) is 10.8 Å². The molecule has 0 radical (unpaired) electrons. The summed E-state index contributed by atoms with van der Waals surface area (Å²) < 4.78 is 63.3. The van der Waals surface area contributed by atoms with Crippen LogP contribution in [-0.2, 0) is 36.3 Å². The fourth-order valence-electron chi connectivity index (χ4n) is 1.61. The number of rotatable bonds is 8. The number of ether oxygens (including phenoxy) is 2. The van der Waals surface area contributed by atoms with Gasteiger partial charge >= 0.3 is 15.6 Å². The van der Waals surface area contributed by atoms with Crippen LogP contribution in [0, 0.1) is 0 Å². The SMILES string of the molecule is O=P1(OCOc2cscc2OCOP2(=O)OCCO2)OCCO1. The fraction of sp³-hybridized carbons (Fsp3) is 0.600. The minimum absolute atomic E-state index is 0.214. The Balaban J connectivity index is 1.43. The van der Waals surface area contributed by atoms with Crippen LogP contribution in [0.1, 0.15) is 0 Å². The first-order valence-corrected chi connectivity index (χ1v) is 10.3. The van der Waals surface area contributed by atoms with Crippen molar-refractivity contribution in [3.8, 4) is 11.5 Å². The van der Waals surface area contributed by atoms with Gasteiger partial charge in [-0.3, -0.25) is 18.1 Å². The van der Waals surface area contributed by atoms with Crippen LogP contribution in [0.2, 0.25) is 0 Å². The Morgan fingerprint density at radius 1 is 0.826 bits per heavy atom. The summed E-state index contributed by atoms with van der Waals surface area (Å²) in [5, 5.41) is 3.30. The highest BCUT2D eigenvalue weighted by Gasteiger charge is 2.33. The second-order valence-corrected chi connectivity index (χ2v) is 8.19. The van der Waals surface area contributed by atoms with E-state index in [2.05, 4.69) is 0 Å². The van der Waals surface area contributed by atoms with Gasteiger partial charge in [0.15, 0.2) is 11.5 Å². The largest absolute Gasteiger partial charge is 0.477 e. The number of phosphoric ester groups is 2. The Hall–Kier alpha value is -0.480. The van der Waals surface area contributed by atoms with Crippen LogP contribution in [0.4, 0.5) is 0 Å². The summed E-state index contributed by atoms with van der Waals surface area (Å²) >= 11 is 1.31. The molecule has 13 heteroatoms. The first kappa shape index (κ1) is 17.3. The molecule has 23 heavy (non-hydrogen) atoms. The van der Waals surface area contributed by atoms with Crippen LogP contribution in [0.15, 0.2) is 10.8 Å². The second-order valence-electron chi connectivity index (χ2n) is 4.11. The molecule has 3 rings (SSSR count). The van der Waals surface area contributed by atoms with Crippen molar-refractivity contribution in [3.63, 3.8) is 0 Å². The van der Waals surface area contributed by atoms with Crippen molar-refractivity contribution in [1.82, 2.24) is 0 Å². The lowest BCUT2D eigenvalue weighted by atomic mass is 10.5. The summed E-state index contributed by atoms with van der Waals surface area (Å²) in [6.45, 7) is 0.181. The first-order chi connectivity index (χ1) is 11.1. The van der Waals surface area contributed by atoms with E-state index in [4.69, 9.17) is 36.6 Å². The summed E-state index contributed by atoms with van der Waals surface area (Å²) in [6.07, 6.45) is 0. The number of hydrogen-bond donors (Lipinski definition) is 0. The van der Waals surface area contributed by atoms with E-state index in [1.807, 2.05) is 0 Å². The lowest BCUT2D eigenvalue weighted by Crippen LogP contribution is -2.04. The summed E-state index contributed by atoms with van der Waals surface area (Å²) in [4.78, 5) is 0. The molecule has 0 bridgehead atoms. The first-order valence-electron chi connectivity index (χ1n) is 6.48. The molecule has 2 aliphatic rings. The molecule has 1 aromatic rings. The van der Waals surface area contributed by atoms with Crippen LogP contribution in [0.25, 0.3) is 0 Å². The molecule has 3 heterocycles. The standard InChI is InChI=1S/C10H14O10P2S/c11-21(15-1-2-16-21)19-7-13-9-5-23-6-10(9)14-8-20-22(12)17-3-4-18-22/h5-6H,1-4,7-8H2. The Bertz CT molecular complexity index is 548. The highest BCUT2D eigenvalue weighted by molar-refractivity contribution is 7.49. The lowest BCUT2D eigenvalue weighted by molar-refractivity contribution is 0.0629. The van der Waals surface area contributed by atoms with Crippen LogP contribution < -0.4 is 9.47 Å². The van der Waals surface area contributed by atoms with Crippen molar-refractivity contribution in [3.05, 3.63) is 10.8 Å². The highest BCUT2D eigenvalue weighted by atomic mass is 32.1. The Labute approximate surface area is 135 Å². The van der Waals surface area contributed by atoms with Gasteiger partial charge in [0.2, 0.25) is 13.6 Å². The Morgan fingerprint density at radius 2 is 1.22 bits per heavy atom. The van der Waals surface area contributed by atoms with Crippen molar-refractivity contribution in [2.75, 3.05) is 40.0 Å². The average molecular weight is 388 g/mol. The molecule has 0 N–H and O–H groups in total. The van der Waals surface area contributed by atoms with Gasteiger partial charge in [-0.15, -0.1) is 11.3 Å². The third-order valence-electron chi connectivity index (χ3n) is 2.61. The zero-order valence-electron chi connectivity index (χ0n) is 11.8. The van der Waals surface area contributed by atoms with Crippen molar-refractivity contribution in [1.29, 1.82) is 0 Å². The van der Waals surface area contributed by atoms with Crippen molar-refractivity contribution >= 4 is 27.0 Å². The zero-order chi connectivity index (χ0) is 16.2. The number of phosphoric acid groups is 2. The van der Waals surface area contributed by atoms with Gasteiger partial charge in [0.1, 0.15) is 0 Å². The van der Waals surface area contributed by atoms with Crippen molar-refractivity contribution < 1.29 is 45.7 Å². The fourth-order valence-corrected chi connectivity index (χ4v) is 4.30. The minimum atomic E-state index is -3.51. The molecular formula is C10H14O10P2S. The molecule has 0 saturated carbocycles. The third kappa shape index (κ3) is 4.76. The maximum atomic E-state index is 11.7. The molecule has 0 spiro atoms. The van der Waals surface area contributed by atoms with E-state index in [0.29, 0.717) is 11.5 Å². The maximum absolute atomic E-state index is 11.7. The van der Waals surface area contributed by atoms with Gasteiger partial charge in [-0.05, 0) is 0 Å². The van der Waals surface area contributed by atoms with Crippen LogP contribution in [0.3, 0.4) is 0 Å². The van der Waals surface area contributed by atoms with Crippen molar-refractivity contribution in [2.24, 2.45) is 0 Å². The predicted octanol–water partition coefficient (Wildman–Crippen LogP) is 2.76. The molecule has 0 amide bonds. The molecule has 0 atom stereocenters. The van der Waals surface area contributed by atoms with Crippen LogP contribution in [-0.4, -0.2) is 40.0 Å². The molecule has 130 valence electrons. The van der Waals surface area contributed by atoms with Gasteiger partial charge < -0.3 is 9.47 Å². The van der Waals surface area contributed by atoms with Gasteiger partial charge in [0.05, 0.1) is 26.4 Å².